The van der Waals surface area contributed by atoms with E-state index in [4.69, 9.17) is 26.3 Å². The zero-order chi connectivity index (χ0) is 9.42. The lowest BCUT2D eigenvalue weighted by molar-refractivity contribution is 0.173. The van der Waals surface area contributed by atoms with Crippen molar-refractivity contribution in [1.82, 2.24) is 0 Å². The molecule has 0 atom stereocenters. The first-order valence-corrected chi connectivity index (χ1v) is 4.10. The minimum absolute atomic E-state index is 0.196. The first kappa shape index (κ1) is 8.21. The second kappa shape index (κ2) is 2.82. The van der Waals surface area contributed by atoms with E-state index in [9.17, 15) is 0 Å². The van der Waals surface area contributed by atoms with Crippen LogP contribution in [0.5, 0.6) is 11.5 Å². The number of rotatable bonds is 0. The van der Waals surface area contributed by atoms with E-state index in [1.807, 2.05) is 6.07 Å². The first-order chi connectivity index (χ1) is 6.24. The Kier molecular flexibility index (Phi) is 1.78. The monoisotopic (exact) mass is 195 g/mol. The number of nitriles is 1. The summed E-state index contributed by atoms with van der Waals surface area (Å²) in [6.07, 6.45) is 0. The van der Waals surface area contributed by atoms with Gasteiger partial charge in [-0.05, 0) is 6.92 Å². The quantitative estimate of drug-likeness (QED) is 0.638. The molecule has 0 radical (unpaired) electrons. The fraction of sp³-hybridized carbons (Fsp3) is 0.222. The Morgan fingerprint density at radius 2 is 2.31 bits per heavy atom. The van der Waals surface area contributed by atoms with Gasteiger partial charge in [0.15, 0.2) is 11.5 Å². The third-order valence-electron chi connectivity index (χ3n) is 1.97. The molecule has 0 fully saturated rings. The maximum Gasteiger partial charge on any atom is 0.231 e. The summed E-state index contributed by atoms with van der Waals surface area (Å²) in [6.45, 7) is 1.99. The summed E-state index contributed by atoms with van der Waals surface area (Å²) in [7, 11) is 0. The number of fused-ring (bicyclic) bond motifs is 1. The minimum Gasteiger partial charge on any atom is -0.454 e. The zero-order valence-electron chi connectivity index (χ0n) is 6.93. The van der Waals surface area contributed by atoms with Crippen LogP contribution in [0.15, 0.2) is 6.07 Å². The fourth-order valence-electron chi connectivity index (χ4n) is 1.31. The zero-order valence-corrected chi connectivity index (χ0v) is 7.68. The number of halogens is 1. The molecule has 1 aromatic carbocycles. The molecule has 1 aromatic rings. The maximum absolute atomic E-state index is 8.80. The summed E-state index contributed by atoms with van der Waals surface area (Å²) in [5, 5.41) is 9.21. The highest BCUT2D eigenvalue weighted by atomic mass is 35.5. The summed E-state index contributed by atoms with van der Waals surface area (Å²) in [5.74, 6) is 1.24. The number of ether oxygens (including phenoxy) is 2. The van der Waals surface area contributed by atoms with Gasteiger partial charge in [-0.1, -0.05) is 11.6 Å². The van der Waals surface area contributed by atoms with Gasteiger partial charge >= 0.3 is 0 Å². The van der Waals surface area contributed by atoms with Gasteiger partial charge in [-0.3, -0.25) is 0 Å². The molecule has 0 N–H and O–H groups in total. The van der Waals surface area contributed by atoms with Crippen molar-refractivity contribution in [1.29, 1.82) is 5.26 Å². The molecular formula is C9H6ClNO2. The average molecular weight is 196 g/mol. The molecule has 2 rings (SSSR count). The molecule has 1 aliphatic rings. The van der Waals surface area contributed by atoms with Gasteiger partial charge in [0.1, 0.15) is 6.07 Å². The maximum atomic E-state index is 8.80. The standard InChI is InChI=1S/C9H6ClNO2/c1-5-6(3-11)7(10)2-8-9(5)13-4-12-8/h2H,4H2,1H3. The molecule has 3 nitrogen and oxygen atoms in total. The molecule has 0 aliphatic carbocycles. The predicted molar refractivity (Wildman–Crippen MR) is 47.0 cm³/mol. The molecule has 13 heavy (non-hydrogen) atoms. The van der Waals surface area contributed by atoms with Crippen molar-refractivity contribution >= 4 is 11.6 Å². The predicted octanol–water partition coefficient (Wildman–Crippen LogP) is 2.25. The van der Waals surface area contributed by atoms with E-state index in [1.165, 1.54) is 0 Å². The molecule has 1 aliphatic heterocycles. The average Bonchev–Trinajstić information content (AvgIpc) is 2.53. The molecule has 66 valence electrons. The number of hydrogen-bond acceptors (Lipinski definition) is 3. The Labute approximate surface area is 80.4 Å². The van der Waals surface area contributed by atoms with E-state index in [0.717, 1.165) is 5.56 Å². The normalized spacial score (nSPS) is 12.7. The van der Waals surface area contributed by atoms with Gasteiger partial charge in [0.05, 0.1) is 10.6 Å². The molecule has 0 saturated carbocycles. The lowest BCUT2D eigenvalue weighted by atomic mass is 10.1. The molecule has 0 spiro atoms. The fourth-order valence-corrected chi connectivity index (χ4v) is 1.59. The summed E-state index contributed by atoms with van der Waals surface area (Å²) >= 11 is 5.86. The highest BCUT2D eigenvalue weighted by molar-refractivity contribution is 6.32. The molecule has 0 unspecified atom stereocenters. The molecule has 0 bridgehead atoms. The molecule has 0 saturated heterocycles. The van der Waals surface area contributed by atoms with E-state index in [0.29, 0.717) is 22.1 Å². The SMILES string of the molecule is Cc1c(C#N)c(Cl)cc2c1OCO2. The van der Waals surface area contributed by atoms with E-state index < -0.39 is 0 Å². The molecule has 1 heterocycles. The largest absolute Gasteiger partial charge is 0.454 e. The third-order valence-corrected chi connectivity index (χ3v) is 2.26. The van der Waals surface area contributed by atoms with Crippen molar-refractivity contribution in [2.75, 3.05) is 6.79 Å². The Balaban J connectivity index is 2.71. The van der Waals surface area contributed by atoms with Crippen LogP contribution in [0.1, 0.15) is 11.1 Å². The van der Waals surface area contributed by atoms with Crippen LogP contribution in [-0.4, -0.2) is 6.79 Å². The smallest absolute Gasteiger partial charge is 0.231 e. The summed E-state index contributed by atoms with van der Waals surface area (Å²) in [6, 6.07) is 3.63. The summed E-state index contributed by atoms with van der Waals surface area (Å²) < 4.78 is 10.3. The van der Waals surface area contributed by atoms with Gasteiger partial charge < -0.3 is 9.47 Å². The number of nitrogens with zero attached hydrogens (tertiary/aromatic N) is 1. The second-order valence-electron chi connectivity index (χ2n) is 2.70. The second-order valence-corrected chi connectivity index (χ2v) is 3.11. The van der Waals surface area contributed by atoms with Crippen LogP contribution in [-0.2, 0) is 0 Å². The van der Waals surface area contributed by atoms with Gasteiger partial charge in [-0.2, -0.15) is 5.26 Å². The van der Waals surface area contributed by atoms with Crippen LogP contribution in [0.2, 0.25) is 5.02 Å². The molecular weight excluding hydrogens is 190 g/mol. The van der Waals surface area contributed by atoms with E-state index in [2.05, 4.69) is 0 Å². The summed E-state index contributed by atoms with van der Waals surface area (Å²) in [5.41, 5.74) is 1.19. The van der Waals surface area contributed by atoms with Crippen LogP contribution in [0.4, 0.5) is 0 Å². The highest BCUT2D eigenvalue weighted by Crippen LogP contribution is 2.40. The molecule has 0 amide bonds. The van der Waals surface area contributed by atoms with E-state index >= 15 is 0 Å². The summed E-state index contributed by atoms with van der Waals surface area (Å²) in [4.78, 5) is 0. The van der Waals surface area contributed by atoms with Gasteiger partial charge in [-0.25, -0.2) is 0 Å². The van der Waals surface area contributed by atoms with Crippen molar-refractivity contribution in [2.45, 2.75) is 6.92 Å². The van der Waals surface area contributed by atoms with Crippen molar-refractivity contribution in [3.05, 3.63) is 22.2 Å². The molecule has 0 aromatic heterocycles. The third kappa shape index (κ3) is 1.11. The van der Waals surface area contributed by atoms with Crippen LogP contribution < -0.4 is 9.47 Å². The van der Waals surface area contributed by atoms with Crippen molar-refractivity contribution in [3.63, 3.8) is 0 Å². The Morgan fingerprint density at radius 1 is 1.54 bits per heavy atom. The minimum atomic E-state index is 0.196. The van der Waals surface area contributed by atoms with Gasteiger partial charge in [0, 0.05) is 11.6 Å². The van der Waals surface area contributed by atoms with Crippen molar-refractivity contribution in [2.24, 2.45) is 0 Å². The van der Waals surface area contributed by atoms with E-state index in [-0.39, 0.29) is 6.79 Å². The lowest BCUT2D eigenvalue weighted by Gasteiger charge is -2.03. The lowest BCUT2D eigenvalue weighted by Crippen LogP contribution is -1.93. The Morgan fingerprint density at radius 3 is 3.00 bits per heavy atom. The van der Waals surface area contributed by atoms with Crippen molar-refractivity contribution < 1.29 is 9.47 Å². The van der Waals surface area contributed by atoms with Crippen LogP contribution in [0, 0.1) is 18.3 Å². The Bertz CT molecular complexity index is 408. The highest BCUT2D eigenvalue weighted by Gasteiger charge is 2.20. The molecule has 4 heteroatoms. The van der Waals surface area contributed by atoms with E-state index in [1.54, 1.807) is 13.0 Å². The number of hydrogen-bond donors (Lipinski definition) is 0. The van der Waals surface area contributed by atoms with Crippen LogP contribution >= 0.6 is 11.6 Å². The van der Waals surface area contributed by atoms with Crippen LogP contribution in [0.25, 0.3) is 0 Å². The van der Waals surface area contributed by atoms with Gasteiger partial charge in [0.2, 0.25) is 6.79 Å². The first-order valence-electron chi connectivity index (χ1n) is 3.73. The Hall–Kier alpha value is -1.40. The number of benzene rings is 1. The van der Waals surface area contributed by atoms with Crippen molar-refractivity contribution in [3.8, 4) is 17.6 Å². The van der Waals surface area contributed by atoms with Gasteiger partial charge in [-0.15, -0.1) is 0 Å². The van der Waals surface area contributed by atoms with Gasteiger partial charge in [0.25, 0.3) is 0 Å². The van der Waals surface area contributed by atoms with Crippen LogP contribution in [0.3, 0.4) is 0 Å². The topological polar surface area (TPSA) is 42.2 Å².